The van der Waals surface area contributed by atoms with Crippen LogP contribution < -0.4 is 10.6 Å². The number of aromatic nitrogens is 1. The quantitative estimate of drug-likeness (QED) is 0.679. The number of nitrogens with one attached hydrogen (secondary N) is 2. The van der Waals surface area contributed by atoms with Gasteiger partial charge in [-0.2, -0.15) is 0 Å². The van der Waals surface area contributed by atoms with Crippen LogP contribution in [0.25, 0.3) is 0 Å². The van der Waals surface area contributed by atoms with Crippen molar-refractivity contribution in [3.63, 3.8) is 0 Å². The van der Waals surface area contributed by atoms with E-state index in [4.69, 9.17) is 0 Å². The van der Waals surface area contributed by atoms with Crippen LogP contribution in [0.15, 0.2) is 66.3 Å². The molecule has 7 nitrogen and oxygen atoms in total. The molecule has 1 aromatic carbocycles. The minimum absolute atomic E-state index is 0.165. The molecule has 1 aliphatic rings. The van der Waals surface area contributed by atoms with E-state index in [-0.39, 0.29) is 4.90 Å². The highest BCUT2D eigenvalue weighted by molar-refractivity contribution is 7.92. The number of hydrogen-bond donors (Lipinski definition) is 2. The number of pyridine rings is 1. The van der Waals surface area contributed by atoms with Crippen molar-refractivity contribution in [2.75, 3.05) is 18.4 Å². The summed E-state index contributed by atoms with van der Waals surface area (Å²) >= 11 is 0. The third kappa shape index (κ3) is 5.42. The molecule has 0 spiro atoms. The summed E-state index contributed by atoms with van der Waals surface area (Å²) in [6.07, 6.45) is 7.91. The molecular formula is C21H26N4O3S. The largest absolute Gasteiger partial charge is 0.334 e. The number of carbonyl (C=O) groups is 1. The van der Waals surface area contributed by atoms with E-state index in [9.17, 15) is 13.2 Å². The van der Waals surface area contributed by atoms with Crippen molar-refractivity contribution in [2.45, 2.75) is 36.1 Å². The Hall–Kier alpha value is -2.71. The molecule has 29 heavy (non-hydrogen) atoms. The second kappa shape index (κ2) is 9.67. The van der Waals surface area contributed by atoms with E-state index in [1.807, 2.05) is 11.0 Å². The number of nitrogens with zero attached hydrogens (tertiary/aromatic N) is 2. The molecule has 154 valence electrons. The van der Waals surface area contributed by atoms with Gasteiger partial charge in [0.25, 0.3) is 0 Å². The topological polar surface area (TPSA) is 91.4 Å². The molecule has 1 aliphatic heterocycles. The molecule has 0 saturated carbocycles. The molecule has 2 heterocycles. The zero-order valence-electron chi connectivity index (χ0n) is 16.3. The normalized spacial score (nSPS) is 16.0. The standard InChI is InChI=1S/C21H26N4O3S/c1-2-20(25-12-4-3-5-13-25)29(27,28)19-10-6-9-18(14-19)24-21(26)23-16-17-8-7-11-22-15-17/h2,6-11,14-15,20H,1,3-5,12-13,16H2,(H2,23,24,26). The molecule has 2 N–H and O–H groups in total. The molecule has 0 radical (unpaired) electrons. The van der Waals surface area contributed by atoms with Crippen LogP contribution in [0, 0.1) is 0 Å². The maximum atomic E-state index is 13.2. The Bertz CT molecular complexity index is 941. The van der Waals surface area contributed by atoms with Gasteiger partial charge >= 0.3 is 6.03 Å². The highest BCUT2D eigenvalue weighted by Gasteiger charge is 2.31. The average molecular weight is 415 g/mol. The van der Waals surface area contributed by atoms with Gasteiger partial charge in [-0.05, 0) is 55.8 Å². The molecule has 1 fully saturated rings. The number of piperidine rings is 1. The number of rotatable bonds is 7. The number of likely N-dealkylation sites (tertiary alicyclic amines) is 1. The maximum Gasteiger partial charge on any atom is 0.319 e. The number of carbonyl (C=O) groups excluding carboxylic acids is 1. The first-order valence-corrected chi connectivity index (χ1v) is 11.2. The van der Waals surface area contributed by atoms with Gasteiger partial charge in [0, 0.05) is 24.6 Å². The molecule has 1 unspecified atom stereocenters. The Labute approximate surface area is 171 Å². The summed E-state index contributed by atoms with van der Waals surface area (Å²) in [6, 6.07) is 9.55. The van der Waals surface area contributed by atoms with Gasteiger partial charge in [0.05, 0.1) is 4.90 Å². The van der Waals surface area contributed by atoms with E-state index < -0.39 is 21.2 Å². The predicted octanol–water partition coefficient (Wildman–Crippen LogP) is 3.18. The van der Waals surface area contributed by atoms with Gasteiger partial charge in [-0.15, -0.1) is 6.58 Å². The van der Waals surface area contributed by atoms with E-state index in [2.05, 4.69) is 22.2 Å². The van der Waals surface area contributed by atoms with E-state index in [1.54, 1.807) is 36.7 Å². The Morgan fingerprint density at radius 3 is 2.69 bits per heavy atom. The van der Waals surface area contributed by atoms with Crippen molar-refractivity contribution in [2.24, 2.45) is 0 Å². The number of sulfone groups is 1. The molecule has 8 heteroatoms. The van der Waals surface area contributed by atoms with Crippen LogP contribution in [0.5, 0.6) is 0 Å². The Kier molecular flexibility index (Phi) is 7.00. The van der Waals surface area contributed by atoms with Crippen LogP contribution in [-0.4, -0.2) is 42.8 Å². The average Bonchev–Trinajstić information content (AvgIpc) is 2.74. The second-order valence-electron chi connectivity index (χ2n) is 6.96. The van der Waals surface area contributed by atoms with Crippen LogP contribution in [0.4, 0.5) is 10.5 Å². The van der Waals surface area contributed by atoms with Crippen LogP contribution in [0.3, 0.4) is 0 Å². The summed E-state index contributed by atoms with van der Waals surface area (Å²) in [5.74, 6) is 0. The summed E-state index contributed by atoms with van der Waals surface area (Å²) in [5, 5.41) is 4.65. The molecule has 2 amide bonds. The molecular weight excluding hydrogens is 388 g/mol. The van der Waals surface area contributed by atoms with Gasteiger partial charge in [-0.1, -0.05) is 24.6 Å². The first-order valence-electron chi connectivity index (χ1n) is 9.65. The van der Waals surface area contributed by atoms with Crippen molar-refractivity contribution >= 4 is 21.6 Å². The van der Waals surface area contributed by atoms with Gasteiger partial charge in [0.15, 0.2) is 9.84 Å². The monoisotopic (exact) mass is 414 g/mol. The summed E-state index contributed by atoms with van der Waals surface area (Å²) in [4.78, 5) is 18.3. The van der Waals surface area contributed by atoms with E-state index in [0.717, 1.165) is 37.9 Å². The van der Waals surface area contributed by atoms with Gasteiger partial charge in [0.1, 0.15) is 5.37 Å². The van der Waals surface area contributed by atoms with E-state index in [1.165, 1.54) is 12.1 Å². The summed E-state index contributed by atoms with van der Waals surface area (Å²) in [6.45, 7) is 5.55. The Morgan fingerprint density at radius 1 is 1.21 bits per heavy atom. The third-order valence-corrected chi connectivity index (χ3v) is 6.90. The SMILES string of the molecule is C=CC(N1CCCCC1)S(=O)(=O)c1cccc(NC(=O)NCc2cccnc2)c1. The van der Waals surface area contributed by atoms with E-state index >= 15 is 0 Å². The number of urea groups is 1. The molecule has 0 bridgehead atoms. The fraction of sp³-hybridized carbons (Fsp3) is 0.333. The van der Waals surface area contributed by atoms with Gasteiger partial charge < -0.3 is 10.6 Å². The van der Waals surface area contributed by atoms with Gasteiger partial charge in [-0.3, -0.25) is 9.88 Å². The molecule has 3 rings (SSSR count). The summed E-state index contributed by atoms with van der Waals surface area (Å²) < 4.78 is 26.3. The number of benzene rings is 1. The first kappa shape index (κ1) is 21.0. The van der Waals surface area contributed by atoms with Crippen molar-refractivity contribution in [1.29, 1.82) is 0 Å². The fourth-order valence-corrected chi connectivity index (χ4v) is 5.09. The molecule has 1 aromatic heterocycles. The van der Waals surface area contributed by atoms with Crippen molar-refractivity contribution in [3.05, 3.63) is 67.0 Å². The number of hydrogen-bond acceptors (Lipinski definition) is 5. The minimum Gasteiger partial charge on any atom is -0.334 e. The molecule has 1 saturated heterocycles. The zero-order chi connectivity index (χ0) is 20.7. The Balaban J connectivity index is 1.69. The smallest absolute Gasteiger partial charge is 0.319 e. The maximum absolute atomic E-state index is 13.2. The van der Waals surface area contributed by atoms with Crippen LogP contribution in [-0.2, 0) is 16.4 Å². The summed E-state index contributed by atoms with van der Waals surface area (Å²) in [7, 11) is -3.64. The first-order chi connectivity index (χ1) is 14.0. The fourth-order valence-electron chi connectivity index (χ4n) is 3.40. The molecule has 2 aromatic rings. The van der Waals surface area contributed by atoms with Crippen LogP contribution >= 0.6 is 0 Å². The third-order valence-electron chi connectivity index (χ3n) is 4.87. The lowest BCUT2D eigenvalue weighted by Crippen LogP contribution is -2.42. The van der Waals surface area contributed by atoms with E-state index in [0.29, 0.717) is 12.2 Å². The zero-order valence-corrected chi connectivity index (χ0v) is 17.1. The molecule has 1 atom stereocenters. The van der Waals surface area contributed by atoms with Crippen LogP contribution in [0.1, 0.15) is 24.8 Å². The lowest BCUT2D eigenvalue weighted by Gasteiger charge is -2.32. The van der Waals surface area contributed by atoms with Crippen molar-refractivity contribution < 1.29 is 13.2 Å². The lowest BCUT2D eigenvalue weighted by atomic mass is 10.1. The number of anilines is 1. The van der Waals surface area contributed by atoms with Crippen molar-refractivity contribution in [1.82, 2.24) is 15.2 Å². The molecule has 0 aliphatic carbocycles. The van der Waals surface area contributed by atoms with Gasteiger partial charge in [0.2, 0.25) is 0 Å². The predicted molar refractivity (Wildman–Crippen MR) is 113 cm³/mol. The highest BCUT2D eigenvalue weighted by Crippen LogP contribution is 2.25. The lowest BCUT2D eigenvalue weighted by molar-refractivity contribution is 0.229. The second-order valence-corrected chi connectivity index (χ2v) is 9.01. The van der Waals surface area contributed by atoms with Crippen LogP contribution in [0.2, 0.25) is 0 Å². The highest BCUT2D eigenvalue weighted by atomic mass is 32.2. The minimum atomic E-state index is -3.64. The number of amides is 2. The van der Waals surface area contributed by atoms with Gasteiger partial charge in [-0.25, -0.2) is 13.2 Å². The Morgan fingerprint density at radius 2 is 2.00 bits per heavy atom. The summed E-state index contributed by atoms with van der Waals surface area (Å²) in [5.41, 5.74) is 1.28. The van der Waals surface area contributed by atoms with Crippen molar-refractivity contribution in [3.8, 4) is 0 Å².